The highest BCUT2D eigenvalue weighted by molar-refractivity contribution is 7.92. The summed E-state index contributed by atoms with van der Waals surface area (Å²) < 4.78 is 38.4. The monoisotopic (exact) mass is 597 g/mol. The molecule has 0 aliphatic rings. The zero-order valence-electron chi connectivity index (χ0n) is 22.1. The molecule has 0 unspecified atom stereocenters. The van der Waals surface area contributed by atoms with Crippen molar-refractivity contribution in [3.8, 4) is 11.5 Å². The average molecular weight is 598 g/mol. The molecule has 3 aromatic carbocycles. The third-order valence-corrected chi connectivity index (χ3v) is 8.08. The minimum Gasteiger partial charge on any atom is -0.497 e. The van der Waals surface area contributed by atoms with Crippen LogP contribution in [0.15, 0.2) is 76.7 Å². The van der Waals surface area contributed by atoms with Crippen molar-refractivity contribution in [2.45, 2.75) is 11.8 Å². The Labute approximate surface area is 240 Å². The number of rotatable bonds is 10. The molecule has 14 heteroatoms. The molecule has 0 bridgehead atoms. The third-order valence-electron chi connectivity index (χ3n) is 6.01. The van der Waals surface area contributed by atoms with Crippen molar-refractivity contribution < 1.29 is 27.6 Å². The third kappa shape index (κ3) is 6.53. The van der Waals surface area contributed by atoms with E-state index in [9.17, 15) is 23.3 Å². The normalized spacial score (nSPS) is 11.4. The van der Waals surface area contributed by atoms with Crippen LogP contribution in [-0.4, -0.2) is 51.2 Å². The standard InChI is InChI=1S/C27H24ClN5O7S/c1-17-4-11-23(14-25(17)33(35)36)41(37,38)32(20-6-9-21(39-2)10-7-20)16-26(34)31-29-15-19-12-18-5-8-22(40-3)13-24(18)30-27(19)28/h4-15H,16H2,1-3H3,(H,31,34)/b29-15-. The molecule has 0 spiro atoms. The predicted octanol–water partition coefficient (Wildman–Crippen LogP) is 4.47. The zero-order chi connectivity index (χ0) is 29.7. The van der Waals surface area contributed by atoms with Gasteiger partial charge in [-0.15, -0.1) is 0 Å². The Morgan fingerprint density at radius 2 is 1.76 bits per heavy atom. The van der Waals surface area contributed by atoms with Gasteiger partial charge in [-0.25, -0.2) is 18.8 Å². The number of hydrazone groups is 1. The van der Waals surface area contributed by atoms with Crippen LogP contribution in [0, 0.1) is 17.0 Å². The molecule has 0 aliphatic carbocycles. The summed E-state index contributed by atoms with van der Waals surface area (Å²) in [5, 5.41) is 16.2. The van der Waals surface area contributed by atoms with E-state index in [1.54, 1.807) is 24.3 Å². The van der Waals surface area contributed by atoms with E-state index in [1.165, 1.54) is 63.8 Å². The van der Waals surface area contributed by atoms with Crippen LogP contribution in [-0.2, 0) is 14.8 Å². The molecule has 1 amide bonds. The summed E-state index contributed by atoms with van der Waals surface area (Å²) in [7, 11) is -1.43. The van der Waals surface area contributed by atoms with E-state index in [2.05, 4.69) is 15.5 Å². The number of nitro benzene ring substituents is 1. The Balaban J connectivity index is 1.60. The van der Waals surface area contributed by atoms with Gasteiger partial charge in [-0.3, -0.25) is 19.2 Å². The second-order valence-electron chi connectivity index (χ2n) is 8.64. The summed E-state index contributed by atoms with van der Waals surface area (Å²) in [5.74, 6) is 0.300. The van der Waals surface area contributed by atoms with Gasteiger partial charge in [0.2, 0.25) is 0 Å². The molecule has 1 N–H and O–H groups in total. The highest BCUT2D eigenvalue weighted by Crippen LogP contribution is 2.29. The Morgan fingerprint density at radius 1 is 1.07 bits per heavy atom. The fourth-order valence-corrected chi connectivity index (χ4v) is 5.47. The Morgan fingerprint density at radius 3 is 2.41 bits per heavy atom. The number of amides is 1. The summed E-state index contributed by atoms with van der Waals surface area (Å²) in [5.41, 5.74) is 3.37. The molecule has 0 aliphatic heterocycles. The molecule has 4 rings (SSSR count). The maximum atomic E-state index is 13.6. The number of halogens is 1. The SMILES string of the molecule is COc1ccc(N(CC(=O)N/N=C\c2cc3ccc(OC)cc3nc2Cl)S(=O)(=O)c2ccc(C)c([N+](=O)[O-])c2)cc1. The molecule has 212 valence electrons. The number of benzene rings is 3. The molecule has 12 nitrogen and oxygen atoms in total. The number of hydrogen-bond acceptors (Lipinski definition) is 9. The number of nitro groups is 1. The summed E-state index contributed by atoms with van der Waals surface area (Å²) in [6.45, 7) is 0.812. The fourth-order valence-electron chi connectivity index (χ4n) is 3.83. The molecule has 41 heavy (non-hydrogen) atoms. The number of nitrogens with zero attached hydrogens (tertiary/aromatic N) is 4. The zero-order valence-corrected chi connectivity index (χ0v) is 23.6. The van der Waals surface area contributed by atoms with Crippen LogP contribution in [0.3, 0.4) is 0 Å². The van der Waals surface area contributed by atoms with Crippen LogP contribution in [0.4, 0.5) is 11.4 Å². The van der Waals surface area contributed by atoms with E-state index < -0.39 is 27.4 Å². The van der Waals surface area contributed by atoms with Crippen LogP contribution in [0.5, 0.6) is 11.5 Å². The number of hydrogen-bond donors (Lipinski definition) is 1. The lowest BCUT2D eigenvalue weighted by atomic mass is 10.1. The highest BCUT2D eigenvalue weighted by Gasteiger charge is 2.29. The number of aromatic nitrogens is 1. The molecule has 0 radical (unpaired) electrons. The predicted molar refractivity (Wildman–Crippen MR) is 154 cm³/mol. The van der Waals surface area contributed by atoms with Crippen molar-refractivity contribution in [1.82, 2.24) is 10.4 Å². The Bertz CT molecular complexity index is 1760. The van der Waals surface area contributed by atoms with Gasteiger partial charge in [0.05, 0.1) is 41.5 Å². The van der Waals surface area contributed by atoms with Crippen LogP contribution in [0.1, 0.15) is 11.1 Å². The second-order valence-corrected chi connectivity index (χ2v) is 10.9. The first kappa shape index (κ1) is 29.2. The number of sulfonamides is 1. The average Bonchev–Trinajstić information content (AvgIpc) is 2.95. The van der Waals surface area contributed by atoms with Gasteiger partial charge < -0.3 is 9.47 Å². The van der Waals surface area contributed by atoms with E-state index in [1.807, 2.05) is 0 Å². The first-order valence-electron chi connectivity index (χ1n) is 11.9. The topological polar surface area (TPSA) is 153 Å². The molecule has 1 heterocycles. The number of carbonyl (C=O) groups excluding carboxylic acids is 1. The van der Waals surface area contributed by atoms with Gasteiger partial charge in [-0.2, -0.15) is 5.10 Å². The minimum absolute atomic E-state index is 0.130. The van der Waals surface area contributed by atoms with Crippen LogP contribution in [0.25, 0.3) is 10.9 Å². The highest BCUT2D eigenvalue weighted by atomic mass is 35.5. The molecular weight excluding hydrogens is 574 g/mol. The van der Waals surface area contributed by atoms with Crippen molar-refractivity contribution >= 4 is 56.0 Å². The van der Waals surface area contributed by atoms with Crippen molar-refractivity contribution in [3.63, 3.8) is 0 Å². The lowest BCUT2D eigenvalue weighted by Crippen LogP contribution is -2.39. The van der Waals surface area contributed by atoms with Gasteiger partial charge in [0.15, 0.2) is 0 Å². The summed E-state index contributed by atoms with van der Waals surface area (Å²) in [6.07, 6.45) is 1.28. The van der Waals surface area contributed by atoms with Gasteiger partial charge in [-0.05, 0) is 55.5 Å². The van der Waals surface area contributed by atoms with E-state index in [-0.39, 0.29) is 27.0 Å². The maximum absolute atomic E-state index is 13.6. The fraction of sp³-hybridized carbons (Fsp3) is 0.148. The molecule has 1 aromatic heterocycles. The van der Waals surface area contributed by atoms with Gasteiger partial charge in [-0.1, -0.05) is 17.7 Å². The molecule has 0 saturated carbocycles. The number of fused-ring (bicyclic) bond motifs is 1. The first-order chi connectivity index (χ1) is 19.5. The Kier molecular flexibility index (Phi) is 8.69. The van der Waals surface area contributed by atoms with Crippen LogP contribution < -0.4 is 19.2 Å². The number of ether oxygens (including phenoxy) is 2. The van der Waals surface area contributed by atoms with E-state index in [4.69, 9.17) is 21.1 Å². The van der Waals surface area contributed by atoms with Gasteiger partial charge >= 0.3 is 0 Å². The van der Waals surface area contributed by atoms with Gasteiger partial charge in [0.1, 0.15) is 23.2 Å². The second kappa shape index (κ2) is 12.2. The molecule has 0 atom stereocenters. The number of carbonyl (C=O) groups is 1. The minimum atomic E-state index is -4.42. The molecule has 4 aromatic rings. The number of anilines is 1. The summed E-state index contributed by atoms with van der Waals surface area (Å²) in [6, 6.07) is 16.5. The quantitative estimate of drug-likeness (QED) is 0.122. The van der Waals surface area contributed by atoms with E-state index in [0.717, 1.165) is 15.8 Å². The van der Waals surface area contributed by atoms with Crippen molar-refractivity contribution in [2.24, 2.45) is 5.10 Å². The van der Waals surface area contributed by atoms with Crippen LogP contribution >= 0.6 is 11.6 Å². The molecule has 0 fully saturated rings. The van der Waals surface area contributed by atoms with E-state index in [0.29, 0.717) is 22.6 Å². The number of aryl methyl sites for hydroxylation is 1. The number of methoxy groups -OCH3 is 2. The molecule has 0 saturated heterocycles. The maximum Gasteiger partial charge on any atom is 0.273 e. The van der Waals surface area contributed by atoms with Crippen molar-refractivity contribution in [3.05, 3.63) is 93.1 Å². The first-order valence-corrected chi connectivity index (χ1v) is 13.7. The van der Waals surface area contributed by atoms with Crippen molar-refractivity contribution in [1.29, 1.82) is 0 Å². The lowest BCUT2D eigenvalue weighted by Gasteiger charge is -2.24. The lowest BCUT2D eigenvalue weighted by molar-refractivity contribution is -0.385. The smallest absolute Gasteiger partial charge is 0.273 e. The Hall–Kier alpha value is -4.75. The van der Waals surface area contributed by atoms with E-state index >= 15 is 0 Å². The summed E-state index contributed by atoms with van der Waals surface area (Å²) >= 11 is 6.28. The largest absolute Gasteiger partial charge is 0.497 e. The van der Waals surface area contributed by atoms with Crippen LogP contribution in [0.2, 0.25) is 5.15 Å². The van der Waals surface area contributed by atoms with Gasteiger partial charge in [0.25, 0.3) is 21.6 Å². The van der Waals surface area contributed by atoms with Crippen molar-refractivity contribution in [2.75, 3.05) is 25.1 Å². The number of nitrogens with one attached hydrogen (secondary N) is 1. The summed E-state index contributed by atoms with van der Waals surface area (Å²) in [4.78, 5) is 27.6. The van der Waals surface area contributed by atoms with Gasteiger partial charge in [0, 0.05) is 28.6 Å². The molecular formula is C27H24ClN5O7S. The number of pyridine rings is 1.